The maximum Gasteiger partial charge on any atom is 0.252 e. The van der Waals surface area contributed by atoms with Crippen molar-refractivity contribution in [2.24, 2.45) is 0 Å². The van der Waals surface area contributed by atoms with Crippen LogP contribution in [0.15, 0.2) is 41.2 Å². The topological polar surface area (TPSA) is 126 Å². The fraction of sp³-hybridized carbons (Fsp3) is 0.385. The number of hydrogen-bond acceptors (Lipinski definition) is 10. The van der Waals surface area contributed by atoms with Gasteiger partial charge in [-0.05, 0) is 53.1 Å². The number of H-pyrrole nitrogens is 1. The molecule has 0 bridgehead atoms. The minimum atomic E-state index is -0.161. The molecule has 38 heavy (non-hydrogen) atoms. The summed E-state index contributed by atoms with van der Waals surface area (Å²) in [5, 5.41) is 13.3. The van der Waals surface area contributed by atoms with Gasteiger partial charge in [0.15, 0.2) is 28.8 Å². The fourth-order valence-electron chi connectivity index (χ4n) is 5.12. The van der Waals surface area contributed by atoms with E-state index < -0.39 is 0 Å². The van der Waals surface area contributed by atoms with Crippen molar-refractivity contribution in [2.75, 3.05) is 20.2 Å². The molecule has 2 aromatic heterocycles. The van der Waals surface area contributed by atoms with E-state index in [0.29, 0.717) is 60.3 Å². The molecule has 1 atom stereocenters. The second-order valence-electron chi connectivity index (χ2n) is 9.66. The maximum absolute atomic E-state index is 13.1. The largest absolute Gasteiger partial charge is 0.454 e. The van der Waals surface area contributed by atoms with Gasteiger partial charge in [0, 0.05) is 36.7 Å². The van der Waals surface area contributed by atoms with E-state index in [1.807, 2.05) is 30.3 Å². The molecule has 3 aliphatic heterocycles. The first-order valence-corrected chi connectivity index (χ1v) is 12.6. The summed E-state index contributed by atoms with van der Waals surface area (Å²) in [6.07, 6.45) is 2.14. The summed E-state index contributed by atoms with van der Waals surface area (Å²) in [6.45, 7) is 3.11. The number of nitrogens with one attached hydrogen (secondary N) is 1. The van der Waals surface area contributed by atoms with Crippen molar-refractivity contribution in [1.29, 1.82) is 0 Å². The van der Waals surface area contributed by atoms with E-state index in [9.17, 15) is 4.79 Å². The van der Waals surface area contributed by atoms with E-state index in [1.54, 1.807) is 10.7 Å². The Morgan fingerprint density at radius 1 is 0.947 bits per heavy atom. The standard InChI is InChI=1S/C26H26N6O6/c33-26-18(7-17-8-23-24(38-15-37-23)9-20(17)27-26)11-31(10-16-3-4-21-22(6-16)36-14-35-21)13-25-28-29-30-32(25)12-19-2-1-5-34-19/h3-4,6-9,19H,1-2,5,10-15H2,(H,27,33)/t19-/m0/s1. The van der Waals surface area contributed by atoms with Gasteiger partial charge in [-0.15, -0.1) is 5.10 Å². The summed E-state index contributed by atoms with van der Waals surface area (Å²) in [5.74, 6) is 3.45. The van der Waals surface area contributed by atoms with E-state index in [4.69, 9.17) is 23.7 Å². The van der Waals surface area contributed by atoms with Crippen molar-refractivity contribution >= 4 is 10.9 Å². The predicted octanol–water partition coefficient (Wildman–Crippen LogP) is 2.35. The van der Waals surface area contributed by atoms with Gasteiger partial charge in [0.2, 0.25) is 13.6 Å². The predicted molar refractivity (Wildman–Crippen MR) is 133 cm³/mol. The summed E-state index contributed by atoms with van der Waals surface area (Å²) in [5.41, 5.74) is 2.18. The molecule has 2 aromatic carbocycles. The molecule has 5 heterocycles. The number of benzene rings is 2. The van der Waals surface area contributed by atoms with Crippen LogP contribution in [0.3, 0.4) is 0 Å². The van der Waals surface area contributed by atoms with Crippen molar-refractivity contribution in [3.63, 3.8) is 0 Å². The lowest BCUT2D eigenvalue weighted by Crippen LogP contribution is -2.29. The molecule has 0 radical (unpaired) electrons. The van der Waals surface area contributed by atoms with Gasteiger partial charge in [0.25, 0.3) is 5.56 Å². The Kier molecular flexibility index (Phi) is 5.82. The van der Waals surface area contributed by atoms with Crippen LogP contribution in [0.1, 0.15) is 29.8 Å². The van der Waals surface area contributed by atoms with Gasteiger partial charge in [-0.2, -0.15) is 0 Å². The molecule has 7 rings (SSSR count). The summed E-state index contributed by atoms with van der Waals surface area (Å²) >= 11 is 0. The Morgan fingerprint density at radius 3 is 2.61 bits per heavy atom. The number of fused-ring (bicyclic) bond motifs is 3. The molecule has 3 aliphatic rings. The lowest BCUT2D eigenvalue weighted by atomic mass is 10.1. The Balaban J connectivity index is 1.19. The molecule has 0 amide bonds. The van der Waals surface area contributed by atoms with E-state index in [1.165, 1.54) is 0 Å². The number of aromatic nitrogens is 5. The van der Waals surface area contributed by atoms with Gasteiger partial charge in [-0.1, -0.05) is 6.07 Å². The SMILES string of the molecule is O=c1[nH]c2cc3c(cc2cc1CN(Cc1ccc2c(c1)OCO2)Cc1nnnn1C[C@@H]1CCCO1)OCO3. The normalized spacial score (nSPS) is 17.7. The highest BCUT2D eigenvalue weighted by atomic mass is 16.7. The monoisotopic (exact) mass is 518 g/mol. The highest BCUT2D eigenvalue weighted by molar-refractivity contribution is 5.83. The summed E-state index contributed by atoms with van der Waals surface area (Å²) in [7, 11) is 0. The van der Waals surface area contributed by atoms with Crippen LogP contribution in [-0.2, 0) is 30.9 Å². The number of hydrogen-bond donors (Lipinski definition) is 1. The third-order valence-electron chi connectivity index (χ3n) is 7.02. The van der Waals surface area contributed by atoms with Gasteiger partial charge in [-0.3, -0.25) is 9.69 Å². The van der Waals surface area contributed by atoms with Crippen molar-refractivity contribution in [2.45, 2.75) is 45.1 Å². The number of nitrogens with zero attached hydrogens (tertiary/aromatic N) is 5. The van der Waals surface area contributed by atoms with Gasteiger partial charge in [0.05, 0.1) is 24.7 Å². The van der Waals surface area contributed by atoms with Crippen LogP contribution >= 0.6 is 0 Å². The second kappa shape index (κ2) is 9.62. The number of rotatable bonds is 8. The van der Waals surface area contributed by atoms with Crippen LogP contribution in [0, 0.1) is 0 Å². The molecule has 1 saturated heterocycles. The second-order valence-corrected chi connectivity index (χ2v) is 9.66. The minimum absolute atomic E-state index is 0.107. The average Bonchev–Trinajstić information content (AvgIpc) is 3.72. The molecule has 12 nitrogen and oxygen atoms in total. The lowest BCUT2D eigenvalue weighted by Gasteiger charge is -2.22. The molecule has 0 unspecified atom stereocenters. The highest BCUT2D eigenvalue weighted by Crippen LogP contribution is 2.36. The fourth-order valence-corrected chi connectivity index (χ4v) is 5.12. The van der Waals surface area contributed by atoms with Crippen LogP contribution in [-0.4, -0.2) is 56.4 Å². The molecular weight excluding hydrogens is 492 g/mol. The van der Waals surface area contributed by atoms with Gasteiger partial charge >= 0.3 is 0 Å². The molecule has 12 heteroatoms. The zero-order chi connectivity index (χ0) is 25.5. The Labute approximate surface area is 217 Å². The quantitative estimate of drug-likeness (QED) is 0.371. The lowest BCUT2D eigenvalue weighted by molar-refractivity contribution is 0.0914. The first kappa shape index (κ1) is 23.0. The van der Waals surface area contributed by atoms with Crippen LogP contribution in [0.5, 0.6) is 23.0 Å². The third kappa shape index (κ3) is 4.52. The zero-order valence-electron chi connectivity index (χ0n) is 20.6. The maximum atomic E-state index is 13.1. The summed E-state index contributed by atoms with van der Waals surface area (Å²) in [6, 6.07) is 11.5. The number of tetrazole rings is 1. The van der Waals surface area contributed by atoms with E-state index >= 15 is 0 Å². The van der Waals surface area contributed by atoms with Crippen molar-refractivity contribution in [1.82, 2.24) is 30.1 Å². The van der Waals surface area contributed by atoms with Crippen molar-refractivity contribution < 1.29 is 23.7 Å². The zero-order valence-corrected chi connectivity index (χ0v) is 20.6. The average molecular weight is 519 g/mol. The number of pyridine rings is 1. The van der Waals surface area contributed by atoms with Crippen LogP contribution < -0.4 is 24.5 Å². The Bertz CT molecular complexity index is 1550. The van der Waals surface area contributed by atoms with Crippen LogP contribution in [0.2, 0.25) is 0 Å². The molecule has 1 N–H and O–H groups in total. The summed E-state index contributed by atoms with van der Waals surface area (Å²) < 4.78 is 29.6. The Hall–Kier alpha value is -4.16. The smallest absolute Gasteiger partial charge is 0.252 e. The Morgan fingerprint density at radius 2 is 1.76 bits per heavy atom. The molecule has 196 valence electrons. The van der Waals surface area contributed by atoms with Gasteiger partial charge in [0.1, 0.15) is 0 Å². The van der Waals surface area contributed by atoms with Crippen LogP contribution in [0.4, 0.5) is 0 Å². The first-order chi connectivity index (χ1) is 18.7. The van der Waals surface area contributed by atoms with Crippen molar-refractivity contribution in [3.05, 3.63) is 63.7 Å². The van der Waals surface area contributed by atoms with E-state index in [-0.39, 0.29) is 25.2 Å². The molecule has 0 saturated carbocycles. The van der Waals surface area contributed by atoms with E-state index in [2.05, 4.69) is 25.4 Å². The molecule has 4 aromatic rings. The minimum Gasteiger partial charge on any atom is -0.454 e. The summed E-state index contributed by atoms with van der Waals surface area (Å²) in [4.78, 5) is 18.3. The van der Waals surface area contributed by atoms with Gasteiger partial charge in [-0.25, -0.2) is 4.68 Å². The third-order valence-corrected chi connectivity index (χ3v) is 7.02. The van der Waals surface area contributed by atoms with Crippen molar-refractivity contribution in [3.8, 4) is 23.0 Å². The molecule has 1 fully saturated rings. The molecule has 0 aliphatic carbocycles. The number of aromatic amines is 1. The highest BCUT2D eigenvalue weighted by Gasteiger charge is 2.22. The number of ether oxygens (including phenoxy) is 5. The first-order valence-electron chi connectivity index (χ1n) is 12.6. The molecule has 0 spiro atoms. The van der Waals surface area contributed by atoms with Gasteiger partial charge < -0.3 is 28.7 Å². The van der Waals surface area contributed by atoms with E-state index in [0.717, 1.165) is 36.1 Å². The van der Waals surface area contributed by atoms with Crippen LogP contribution in [0.25, 0.3) is 10.9 Å². The molecular formula is C26H26N6O6.